The Kier molecular flexibility index (Phi) is 6.66. The third-order valence-corrected chi connectivity index (χ3v) is 6.63. The second-order valence-corrected chi connectivity index (χ2v) is 9.37. The van der Waals surface area contributed by atoms with Gasteiger partial charge in [0.1, 0.15) is 12.4 Å². The maximum Gasteiger partial charge on any atom is 0.138 e. The van der Waals surface area contributed by atoms with Crippen molar-refractivity contribution in [1.29, 1.82) is 0 Å². The Labute approximate surface area is 220 Å². The summed E-state index contributed by atoms with van der Waals surface area (Å²) in [4.78, 5) is 7.73. The van der Waals surface area contributed by atoms with E-state index < -0.39 is 0 Å². The van der Waals surface area contributed by atoms with Crippen molar-refractivity contribution in [3.05, 3.63) is 115 Å². The molecule has 7 nitrogen and oxygen atoms in total. The fourth-order valence-electron chi connectivity index (χ4n) is 4.67. The summed E-state index contributed by atoms with van der Waals surface area (Å²) >= 11 is 0. The molecule has 4 N–H and O–H groups in total. The summed E-state index contributed by atoms with van der Waals surface area (Å²) in [5.41, 5.74) is 13.7. The number of anilines is 1. The highest BCUT2D eigenvalue weighted by Gasteiger charge is 2.11. The molecule has 0 unspecified atom stereocenters. The monoisotopic (exact) mass is 500 g/mol. The van der Waals surface area contributed by atoms with Gasteiger partial charge in [-0.3, -0.25) is 4.98 Å². The van der Waals surface area contributed by atoms with Crippen molar-refractivity contribution in [3.8, 4) is 16.9 Å². The molecular formula is C31H28N6O. The molecule has 7 heteroatoms. The first-order valence-electron chi connectivity index (χ1n) is 12.6. The first-order chi connectivity index (χ1) is 18.7. The van der Waals surface area contributed by atoms with Crippen molar-refractivity contribution < 1.29 is 4.74 Å². The lowest BCUT2D eigenvalue weighted by molar-refractivity contribution is 0.287. The molecule has 0 radical (unpaired) electrons. The van der Waals surface area contributed by atoms with E-state index in [0.717, 1.165) is 39.7 Å². The van der Waals surface area contributed by atoms with Crippen LogP contribution in [0.25, 0.3) is 32.9 Å². The smallest absolute Gasteiger partial charge is 0.138 e. The predicted octanol–water partition coefficient (Wildman–Crippen LogP) is 5.73. The van der Waals surface area contributed by atoms with Crippen LogP contribution in [0.2, 0.25) is 0 Å². The molecule has 0 aliphatic heterocycles. The van der Waals surface area contributed by atoms with Gasteiger partial charge in [0.05, 0.1) is 23.6 Å². The van der Waals surface area contributed by atoms with E-state index in [9.17, 15) is 0 Å². The lowest BCUT2D eigenvalue weighted by atomic mass is 10.0. The number of hydrogen-bond donors (Lipinski definition) is 3. The fraction of sp³-hybridized carbons (Fsp3) is 0.129. The van der Waals surface area contributed by atoms with Crippen molar-refractivity contribution in [3.63, 3.8) is 0 Å². The van der Waals surface area contributed by atoms with Gasteiger partial charge >= 0.3 is 0 Å². The van der Waals surface area contributed by atoms with Crippen molar-refractivity contribution in [2.24, 2.45) is 5.73 Å². The number of ether oxygens (including phenoxy) is 1. The minimum atomic E-state index is -0.143. The Morgan fingerprint density at radius 3 is 2.66 bits per heavy atom. The second-order valence-electron chi connectivity index (χ2n) is 9.37. The number of aromatic nitrogens is 4. The number of aromatic amines is 1. The van der Waals surface area contributed by atoms with Gasteiger partial charge in [-0.1, -0.05) is 54.6 Å². The van der Waals surface area contributed by atoms with E-state index in [1.54, 1.807) is 12.4 Å². The number of rotatable bonds is 9. The zero-order valence-electron chi connectivity index (χ0n) is 20.8. The molecule has 0 amide bonds. The van der Waals surface area contributed by atoms with Crippen LogP contribution < -0.4 is 15.8 Å². The van der Waals surface area contributed by atoms with Crippen molar-refractivity contribution in [1.82, 2.24) is 20.2 Å². The van der Waals surface area contributed by atoms with Crippen LogP contribution in [0.5, 0.6) is 5.75 Å². The predicted molar refractivity (Wildman–Crippen MR) is 152 cm³/mol. The molecule has 0 aliphatic rings. The van der Waals surface area contributed by atoms with Crippen LogP contribution in [0.4, 0.5) is 5.69 Å². The number of para-hydroxylation sites is 1. The number of H-pyrrole nitrogens is 1. The van der Waals surface area contributed by atoms with Gasteiger partial charge in [0, 0.05) is 46.8 Å². The molecule has 188 valence electrons. The van der Waals surface area contributed by atoms with Gasteiger partial charge in [-0.05, 0) is 47.4 Å². The van der Waals surface area contributed by atoms with E-state index >= 15 is 0 Å². The van der Waals surface area contributed by atoms with Gasteiger partial charge < -0.3 is 20.8 Å². The van der Waals surface area contributed by atoms with Crippen LogP contribution >= 0.6 is 0 Å². The zero-order chi connectivity index (χ0) is 25.7. The van der Waals surface area contributed by atoms with E-state index in [1.165, 1.54) is 16.5 Å². The molecule has 0 spiro atoms. The summed E-state index contributed by atoms with van der Waals surface area (Å²) in [5, 5.41) is 14.2. The Hall–Kier alpha value is -4.75. The topological polar surface area (TPSA) is 102 Å². The SMILES string of the molecule is N[C@H](COc1cncc(-c2ccc3nncc(NCc4ccccc4)c3c2)c1)Cc1c[nH]c2ccccc12. The summed E-state index contributed by atoms with van der Waals surface area (Å²) < 4.78 is 6.06. The van der Waals surface area contributed by atoms with Gasteiger partial charge in [0.15, 0.2) is 0 Å². The number of pyridine rings is 1. The van der Waals surface area contributed by atoms with Gasteiger partial charge in [-0.2, -0.15) is 10.2 Å². The quantitative estimate of drug-likeness (QED) is 0.234. The van der Waals surface area contributed by atoms with Gasteiger partial charge in [0.2, 0.25) is 0 Å². The maximum atomic E-state index is 6.42. The van der Waals surface area contributed by atoms with Gasteiger partial charge in [-0.15, -0.1) is 0 Å². The molecule has 0 bridgehead atoms. The van der Waals surface area contributed by atoms with Crippen LogP contribution in [-0.2, 0) is 13.0 Å². The van der Waals surface area contributed by atoms with E-state index in [4.69, 9.17) is 10.5 Å². The van der Waals surface area contributed by atoms with E-state index in [1.807, 2.05) is 60.9 Å². The number of benzene rings is 3. The van der Waals surface area contributed by atoms with Crippen molar-refractivity contribution in [2.45, 2.75) is 19.0 Å². The van der Waals surface area contributed by atoms with Crippen molar-refractivity contribution in [2.75, 3.05) is 11.9 Å². The summed E-state index contributed by atoms with van der Waals surface area (Å²) in [7, 11) is 0. The first-order valence-corrected chi connectivity index (χ1v) is 12.6. The molecule has 6 aromatic rings. The Morgan fingerprint density at radius 1 is 0.868 bits per heavy atom. The van der Waals surface area contributed by atoms with Gasteiger partial charge in [0.25, 0.3) is 0 Å². The highest BCUT2D eigenvalue weighted by molar-refractivity contribution is 5.93. The van der Waals surface area contributed by atoms with E-state index in [0.29, 0.717) is 18.9 Å². The molecule has 0 saturated carbocycles. The fourth-order valence-corrected chi connectivity index (χ4v) is 4.67. The second kappa shape index (κ2) is 10.7. The van der Waals surface area contributed by atoms with Crippen LogP contribution in [-0.4, -0.2) is 32.8 Å². The Morgan fingerprint density at radius 2 is 1.74 bits per heavy atom. The van der Waals surface area contributed by atoms with Crippen LogP contribution in [0.15, 0.2) is 104 Å². The van der Waals surface area contributed by atoms with Gasteiger partial charge in [-0.25, -0.2) is 0 Å². The first kappa shape index (κ1) is 23.6. The molecule has 0 aliphatic carbocycles. The highest BCUT2D eigenvalue weighted by Crippen LogP contribution is 2.29. The lowest BCUT2D eigenvalue weighted by Gasteiger charge is -2.14. The zero-order valence-corrected chi connectivity index (χ0v) is 20.8. The average molecular weight is 501 g/mol. The van der Waals surface area contributed by atoms with Crippen LogP contribution in [0.3, 0.4) is 0 Å². The average Bonchev–Trinajstić information content (AvgIpc) is 3.38. The molecule has 0 fully saturated rings. The normalized spacial score (nSPS) is 12.0. The van der Waals surface area contributed by atoms with Crippen LogP contribution in [0.1, 0.15) is 11.1 Å². The minimum Gasteiger partial charge on any atom is -0.490 e. The minimum absolute atomic E-state index is 0.143. The number of hydrogen-bond acceptors (Lipinski definition) is 6. The summed E-state index contributed by atoms with van der Waals surface area (Å²) in [6, 6.07) is 26.5. The third-order valence-electron chi connectivity index (χ3n) is 6.63. The number of fused-ring (bicyclic) bond motifs is 2. The molecular weight excluding hydrogens is 472 g/mol. The number of nitrogens with two attached hydrogens (primary N) is 1. The molecule has 6 rings (SSSR count). The van der Waals surface area contributed by atoms with E-state index in [2.05, 4.69) is 55.8 Å². The molecule has 3 aromatic carbocycles. The third kappa shape index (κ3) is 5.19. The molecule has 38 heavy (non-hydrogen) atoms. The lowest BCUT2D eigenvalue weighted by Crippen LogP contribution is -2.30. The van der Waals surface area contributed by atoms with Crippen LogP contribution in [0, 0.1) is 0 Å². The summed E-state index contributed by atoms with van der Waals surface area (Å²) in [5.74, 6) is 0.687. The number of nitrogens with zero attached hydrogens (tertiary/aromatic N) is 3. The molecule has 3 aromatic heterocycles. The standard InChI is InChI=1S/C31H28N6O/c32-25(12-24-17-35-29-9-5-4-8-27(24)29)20-38-26-13-23(16-33-18-26)22-10-11-30-28(14-22)31(19-36-37-30)34-15-21-6-2-1-3-7-21/h1-11,13-14,16-19,25,35H,12,15,20,32H2,(H,34,37)/t25-/m0/s1. The van der Waals surface area contributed by atoms with E-state index in [-0.39, 0.29) is 6.04 Å². The molecule has 3 heterocycles. The van der Waals surface area contributed by atoms with Crippen molar-refractivity contribution >= 4 is 27.5 Å². The molecule has 1 atom stereocenters. The summed E-state index contributed by atoms with van der Waals surface area (Å²) in [6.45, 7) is 1.10. The number of nitrogens with one attached hydrogen (secondary N) is 2. The molecule has 0 saturated heterocycles. The Balaban J connectivity index is 1.16. The Bertz CT molecular complexity index is 1680. The maximum absolute atomic E-state index is 6.42. The largest absolute Gasteiger partial charge is 0.490 e. The highest BCUT2D eigenvalue weighted by atomic mass is 16.5. The summed E-state index contributed by atoms with van der Waals surface area (Å²) in [6.07, 6.45) is 8.08.